The lowest BCUT2D eigenvalue weighted by Gasteiger charge is -2.24. The Labute approximate surface area is 117 Å². The van der Waals surface area contributed by atoms with Crippen molar-refractivity contribution in [2.24, 2.45) is 5.92 Å². The first-order valence-corrected chi connectivity index (χ1v) is 7.74. The van der Waals surface area contributed by atoms with Crippen molar-refractivity contribution in [2.75, 3.05) is 19.7 Å². The third kappa shape index (κ3) is 5.33. The molecule has 0 radical (unpaired) electrons. The summed E-state index contributed by atoms with van der Waals surface area (Å²) in [5.74, 6) is 0.952. The van der Waals surface area contributed by atoms with Gasteiger partial charge >= 0.3 is 0 Å². The molecule has 0 amide bonds. The van der Waals surface area contributed by atoms with Crippen LogP contribution in [0.1, 0.15) is 43.7 Å². The average Bonchev–Trinajstić information content (AvgIpc) is 2.38. The summed E-state index contributed by atoms with van der Waals surface area (Å²) in [6.07, 6.45) is 6.63. The number of nitrogens with one attached hydrogen (secondary N) is 1. The highest BCUT2D eigenvalue weighted by Gasteiger charge is 2.16. The SMILES string of the molecule is CCNCCc1ccc(COCCC2CCC2)cc1. The van der Waals surface area contributed by atoms with Crippen molar-refractivity contribution in [3.63, 3.8) is 0 Å². The van der Waals surface area contributed by atoms with Gasteiger partial charge in [0, 0.05) is 6.61 Å². The van der Waals surface area contributed by atoms with Gasteiger partial charge in [-0.05, 0) is 43.0 Å². The van der Waals surface area contributed by atoms with E-state index in [-0.39, 0.29) is 0 Å². The molecule has 1 aliphatic rings. The Morgan fingerprint density at radius 2 is 1.89 bits per heavy atom. The zero-order valence-corrected chi connectivity index (χ0v) is 12.2. The van der Waals surface area contributed by atoms with E-state index < -0.39 is 0 Å². The Morgan fingerprint density at radius 1 is 1.16 bits per heavy atom. The molecule has 0 atom stereocenters. The van der Waals surface area contributed by atoms with E-state index in [9.17, 15) is 0 Å². The molecule has 0 unspecified atom stereocenters. The summed E-state index contributed by atoms with van der Waals surface area (Å²) >= 11 is 0. The summed E-state index contributed by atoms with van der Waals surface area (Å²) in [7, 11) is 0. The molecule has 1 N–H and O–H groups in total. The van der Waals surface area contributed by atoms with Crippen LogP contribution in [0.3, 0.4) is 0 Å². The minimum absolute atomic E-state index is 0.764. The molecule has 1 aromatic rings. The minimum Gasteiger partial charge on any atom is -0.377 e. The fourth-order valence-electron chi connectivity index (χ4n) is 2.43. The molecular formula is C17H27NO. The number of ether oxygens (including phenoxy) is 1. The smallest absolute Gasteiger partial charge is 0.0716 e. The van der Waals surface area contributed by atoms with Gasteiger partial charge in [0.2, 0.25) is 0 Å². The van der Waals surface area contributed by atoms with Gasteiger partial charge in [0.05, 0.1) is 6.61 Å². The summed E-state index contributed by atoms with van der Waals surface area (Å²) in [5.41, 5.74) is 2.69. The quantitative estimate of drug-likeness (QED) is 0.686. The Bertz CT molecular complexity index is 343. The third-order valence-corrected chi connectivity index (χ3v) is 4.03. The van der Waals surface area contributed by atoms with Gasteiger partial charge < -0.3 is 10.1 Å². The maximum atomic E-state index is 5.75. The molecule has 2 heteroatoms. The molecule has 1 fully saturated rings. The van der Waals surface area contributed by atoms with Crippen molar-refractivity contribution in [3.8, 4) is 0 Å². The summed E-state index contributed by atoms with van der Waals surface area (Å²) in [6.45, 7) is 5.94. The zero-order valence-electron chi connectivity index (χ0n) is 12.2. The van der Waals surface area contributed by atoms with Crippen LogP contribution in [-0.4, -0.2) is 19.7 Å². The molecule has 2 nitrogen and oxygen atoms in total. The molecule has 1 saturated carbocycles. The van der Waals surface area contributed by atoms with Crippen LogP contribution < -0.4 is 5.32 Å². The van der Waals surface area contributed by atoms with Crippen LogP contribution in [0.5, 0.6) is 0 Å². The van der Waals surface area contributed by atoms with Crippen molar-refractivity contribution < 1.29 is 4.74 Å². The first-order chi connectivity index (χ1) is 9.38. The van der Waals surface area contributed by atoms with Crippen molar-refractivity contribution >= 4 is 0 Å². The molecule has 0 aliphatic heterocycles. The van der Waals surface area contributed by atoms with Gasteiger partial charge in [-0.2, -0.15) is 0 Å². The van der Waals surface area contributed by atoms with E-state index >= 15 is 0 Å². The summed E-state index contributed by atoms with van der Waals surface area (Å²) in [5, 5.41) is 3.35. The number of benzene rings is 1. The highest BCUT2D eigenvalue weighted by Crippen LogP contribution is 2.29. The van der Waals surface area contributed by atoms with Gasteiger partial charge in [-0.25, -0.2) is 0 Å². The molecule has 19 heavy (non-hydrogen) atoms. The second-order valence-corrected chi connectivity index (χ2v) is 5.56. The number of rotatable bonds is 9. The largest absolute Gasteiger partial charge is 0.377 e. The van der Waals surface area contributed by atoms with E-state index in [2.05, 4.69) is 36.5 Å². The maximum absolute atomic E-state index is 5.75. The van der Waals surface area contributed by atoms with Crippen LogP contribution in [-0.2, 0) is 17.8 Å². The fourth-order valence-corrected chi connectivity index (χ4v) is 2.43. The molecule has 0 bridgehead atoms. The predicted molar refractivity (Wildman–Crippen MR) is 80.3 cm³/mol. The Balaban J connectivity index is 1.60. The van der Waals surface area contributed by atoms with Gasteiger partial charge in [-0.1, -0.05) is 50.5 Å². The van der Waals surface area contributed by atoms with Crippen LogP contribution in [0.2, 0.25) is 0 Å². The standard InChI is InChI=1S/C17H27NO/c1-2-18-12-10-16-6-8-17(9-7-16)14-19-13-11-15-4-3-5-15/h6-9,15,18H,2-5,10-14H2,1H3. The number of likely N-dealkylation sites (N-methyl/N-ethyl adjacent to an activating group) is 1. The first kappa shape index (κ1) is 14.5. The van der Waals surface area contributed by atoms with Crippen LogP contribution in [0.15, 0.2) is 24.3 Å². The van der Waals surface area contributed by atoms with Crippen LogP contribution in [0.25, 0.3) is 0 Å². The monoisotopic (exact) mass is 261 g/mol. The van der Waals surface area contributed by atoms with E-state index in [1.807, 2.05) is 0 Å². The van der Waals surface area contributed by atoms with Crippen LogP contribution in [0.4, 0.5) is 0 Å². The lowest BCUT2D eigenvalue weighted by molar-refractivity contribution is 0.0950. The second kappa shape index (κ2) is 8.34. The predicted octanol–water partition coefficient (Wildman–Crippen LogP) is 3.55. The Kier molecular flexibility index (Phi) is 6.38. The van der Waals surface area contributed by atoms with E-state index in [0.29, 0.717) is 0 Å². The normalized spacial score (nSPS) is 15.4. The van der Waals surface area contributed by atoms with Gasteiger partial charge in [-0.15, -0.1) is 0 Å². The lowest BCUT2D eigenvalue weighted by Crippen LogP contribution is -2.16. The fraction of sp³-hybridized carbons (Fsp3) is 0.647. The minimum atomic E-state index is 0.764. The first-order valence-electron chi connectivity index (χ1n) is 7.74. The van der Waals surface area contributed by atoms with E-state index in [4.69, 9.17) is 4.74 Å². The lowest BCUT2D eigenvalue weighted by atomic mass is 9.83. The topological polar surface area (TPSA) is 21.3 Å². The zero-order chi connectivity index (χ0) is 13.3. The van der Waals surface area contributed by atoms with Gasteiger partial charge in [-0.3, -0.25) is 0 Å². The van der Waals surface area contributed by atoms with E-state index in [1.54, 1.807) is 0 Å². The molecular weight excluding hydrogens is 234 g/mol. The summed E-state index contributed by atoms with van der Waals surface area (Å²) in [6, 6.07) is 8.85. The van der Waals surface area contributed by atoms with E-state index in [1.165, 1.54) is 36.8 Å². The molecule has 2 rings (SSSR count). The Morgan fingerprint density at radius 3 is 2.53 bits per heavy atom. The summed E-state index contributed by atoms with van der Waals surface area (Å²) < 4.78 is 5.75. The van der Waals surface area contributed by atoms with Crippen molar-refractivity contribution in [2.45, 2.75) is 45.6 Å². The highest BCUT2D eigenvalue weighted by molar-refractivity contribution is 5.22. The summed E-state index contributed by atoms with van der Waals surface area (Å²) in [4.78, 5) is 0. The van der Waals surface area contributed by atoms with Crippen LogP contribution in [0, 0.1) is 5.92 Å². The molecule has 0 saturated heterocycles. The number of hydrogen-bond acceptors (Lipinski definition) is 2. The average molecular weight is 261 g/mol. The van der Waals surface area contributed by atoms with Gasteiger partial charge in [0.1, 0.15) is 0 Å². The van der Waals surface area contributed by atoms with Crippen molar-refractivity contribution in [3.05, 3.63) is 35.4 Å². The van der Waals surface area contributed by atoms with E-state index in [0.717, 1.165) is 38.6 Å². The maximum Gasteiger partial charge on any atom is 0.0716 e. The van der Waals surface area contributed by atoms with Gasteiger partial charge in [0.15, 0.2) is 0 Å². The highest BCUT2D eigenvalue weighted by atomic mass is 16.5. The third-order valence-electron chi connectivity index (χ3n) is 4.03. The Hall–Kier alpha value is -0.860. The molecule has 0 heterocycles. The van der Waals surface area contributed by atoms with Crippen molar-refractivity contribution in [1.82, 2.24) is 5.32 Å². The molecule has 1 aromatic carbocycles. The molecule has 0 spiro atoms. The van der Waals surface area contributed by atoms with Crippen LogP contribution >= 0.6 is 0 Å². The number of hydrogen-bond donors (Lipinski definition) is 1. The molecule has 106 valence electrons. The van der Waals surface area contributed by atoms with Crippen molar-refractivity contribution in [1.29, 1.82) is 0 Å². The molecule has 1 aliphatic carbocycles. The molecule has 0 aromatic heterocycles. The van der Waals surface area contributed by atoms with Gasteiger partial charge in [0.25, 0.3) is 0 Å². The second-order valence-electron chi connectivity index (χ2n) is 5.56.